The highest BCUT2D eigenvalue weighted by Gasteiger charge is 2.18. The molecule has 0 radical (unpaired) electrons. The summed E-state index contributed by atoms with van der Waals surface area (Å²) in [4.78, 5) is 18.2. The van der Waals surface area contributed by atoms with E-state index in [9.17, 15) is 9.18 Å². The number of nitrogens with zero attached hydrogens (tertiary/aromatic N) is 2. The van der Waals surface area contributed by atoms with Crippen LogP contribution in [0.2, 0.25) is 0 Å². The Morgan fingerprint density at radius 1 is 1.12 bits per heavy atom. The van der Waals surface area contributed by atoms with Gasteiger partial charge in [0.15, 0.2) is 4.96 Å². The standard InChI is InChI=1S/C20H16FN3OS/c1-12-9-13(2)11-15(10-12)19(25)23-18-17(14-3-5-16(21)6-4-14)22-20-24(18)7-8-26-20/h3-11H,1-2H3,(H,23,25). The lowest BCUT2D eigenvalue weighted by atomic mass is 10.1. The van der Waals surface area contributed by atoms with Crippen molar-refractivity contribution in [2.75, 3.05) is 5.32 Å². The van der Waals surface area contributed by atoms with Gasteiger partial charge in [-0.15, -0.1) is 11.3 Å². The van der Waals surface area contributed by atoms with E-state index in [0.717, 1.165) is 21.7 Å². The molecule has 0 aliphatic carbocycles. The number of hydrogen-bond acceptors (Lipinski definition) is 3. The van der Waals surface area contributed by atoms with E-state index < -0.39 is 0 Å². The van der Waals surface area contributed by atoms with Gasteiger partial charge in [-0.05, 0) is 50.2 Å². The molecule has 4 aromatic rings. The zero-order chi connectivity index (χ0) is 18.3. The third-order valence-electron chi connectivity index (χ3n) is 4.10. The van der Waals surface area contributed by atoms with Crippen molar-refractivity contribution in [3.63, 3.8) is 0 Å². The quantitative estimate of drug-likeness (QED) is 0.551. The van der Waals surface area contributed by atoms with Gasteiger partial charge >= 0.3 is 0 Å². The highest BCUT2D eigenvalue weighted by molar-refractivity contribution is 7.15. The van der Waals surface area contributed by atoms with Gasteiger partial charge in [-0.25, -0.2) is 9.37 Å². The van der Waals surface area contributed by atoms with Crippen LogP contribution in [0.3, 0.4) is 0 Å². The zero-order valence-electron chi connectivity index (χ0n) is 14.3. The van der Waals surface area contributed by atoms with Crippen molar-refractivity contribution in [3.8, 4) is 11.3 Å². The van der Waals surface area contributed by atoms with Crippen molar-refractivity contribution in [1.82, 2.24) is 9.38 Å². The molecule has 1 N–H and O–H groups in total. The Balaban J connectivity index is 1.77. The van der Waals surface area contributed by atoms with Crippen LogP contribution in [0.15, 0.2) is 54.0 Å². The van der Waals surface area contributed by atoms with Gasteiger partial charge < -0.3 is 5.32 Å². The maximum absolute atomic E-state index is 13.3. The molecule has 0 saturated carbocycles. The molecule has 0 atom stereocenters. The molecule has 2 aromatic heterocycles. The predicted octanol–water partition coefficient (Wildman–Crippen LogP) is 5.07. The van der Waals surface area contributed by atoms with Gasteiger partial charge in [0.2, 0.25) is 0 Å². The summed E-state index contributed by atoms with van der Waals surface area (Å²) in [5.41, 5.74) is 4.02. The fourth-order valence-electron chi connectivity index (χ4n) is 3.00. The molecule has 2 aromatic carbocycles. The monoisotopic (exact) mass is 365 g/mol. The second-order valence-corrected chi connectivity index (χ2v) is 7.08. The minimum absolute atomic E-state index is 0.201. The van der Waals surface area contributed by atoms with Crippen molar-refractivity contribution in [2.45, 2.75) is 13.8 Å². The molecule has 0 unspecified atom stereocenters. The first-order valence-electron chi connectivity index (χ1n) is 8.12. The molecule has 4 nitrogen and oxygen atoms in total. The molecule has 2 heterocycles. The predicted molar refractivity (Wildman–Crippen MR) is 102 cm³/mol. The van der Waals surface area contributed by atoms with Crippen LogP contribution in [-0.2, 0) is 0 Å². The molecule has 0 aliphatic heterocycles. The summed E-state index contributed by atoms with van der Waals surface area (Å²) < 4.78 is 15.1. The highest BCUT2D eigenvalue weighted by Crippen LogP contribution is 2.31. The van der Waals surface area contributed by atoms with Crippen molar-refractivity contribution >= 4 is 28.0 Å². The van der Waals surface area contributed by atoms with Crippen LogP contribution in [-0.4, -0.2) is 15.3 Å². The summed E-state index contributed by atoms with van der Waals surface area (Å²) in [5, 5.41) is 4.88. The van der Waals surface area contributed by atoms with Crippen LogP contribution in [0.4, 0.5) is 10.2 Å². The Labute approximate surface area is 153 Å². The number of rotatable bonds is 3. The molecule has 0 fully saturated rings. The molecule has 26 heavy (non-hydrogen) atoms. The smallest absolute Gasteiger partial charge is 0.256 e. The first-order valence-corrected chi connectivity index (χ1v) is 9.00. The average molecular weight is 365 g/mol. The van der Waals surface area contributed by atoms with Crippen LogP contribution in [0.5, 0.6) is 0 Å². The fourth-order valence-corrected chi connectivity index (χ4v) is 3.71. The highest BCUT2D eigenvalue weighted by atomic mass is 32.1. The topological polar surface area (TPSA) is 46.4 Å². The van der Waals surface area contributed by atoms with Gasteiger partial charge in [-0.2, -0.15) is 0 Å². The number of anilines is 1. The number of carbonyl (C=O) groups is 1. The molecule has 0 saturated heterocycles. The van der Waals surface area contributed by atoms with Gasteiger partial charge in [-0.1, -0.05) is 17.2 Å². The number of benzene rings is 2. The Morgan fingerprint density at radius 3 is 2.50 bits per heavy atom. The van der Waals surface area contributed by atoms with Crippen LogP contribution >= 0.6 is 11.3 Å². The SMILES string of the molecule is Cc1cc(C)cc(C(=O)Nc2c(-c3ccc(F)cc3)nc3sccn23)c1. The maximum atomic E-state index is 13.3. The molecule has 1 amide bonds. The lowest BCUT2D eigenvalue weighted by Crippen LogP contribution is -2.14. The summed E-state index contributed by atoms with van der Waals surface area (Å²) in [6, 6.07) is 11.8. The number of aromatic nitrogens is 2. The molecule has 0 spiro atoms. The van der Waals surface area contributed by atoms with Crippen molar-refractivity contribution in [1.29, 1.82) is 0 Å². The molecule has 4 rings (SSSR count). The average Bonchev–Trinajstić information content (AvgIpc) is 3.17. The van der Waals surface area contributed by atoms with Crippen molar-refractivity contribution < 1.29 is 9.18 Å². The summed E-state index contributed by atoms with van der Waals surface area (Å²) in [7, 11) is 0. The van der Waals surface area contributed by atoms with E-state index in [1.54, 1.807) is 12.1 Å². The van der Waals surface area contributed by atoms with Gasteiger partial charge in [0.25, 0.3) is 5.91 Å². The number of fused-ring (bicyclic) bond motifs is 1. The number of halogens is 1. The van der Waals surface area contributed by atoms with Gasteiger partial charge in [0, 0.05) is 22.7 Å². The molecule has 130 valence electrons. The number of thiazole rings is 1. The van der Waals surface area contributed by atoms with Gasteiger partial charge in [0.1, 0.15) is 17.3 Å². The minimum atomic E-state index is -0.310. The Morgan fingerprint density at radius 2 is 1.81 bits per heavy atom. The van der Waals surface area contributed by atoms with Crippen LogP contribution < -0.4 is 5.32 Å². The zero-order valence-corrected chi connectivity index (χ0v) is 15.1. The van der Waals surface area contributed by atoms with E-state index in [1.165, 1.54) is 23.5 Å². The fraction of sp³-hybridized carbons (Fsp3) is 0.100. The third kappa shape index (κ3) is 2.99. The number of nitrogens with one attached hydrogen (secondary N) is 1. The van der Waals surface area contributed by atoms with E-state index in [4.69, 9.17) is 0 Å². The lowest BCUT2D eigenvalue weighted by molar-refractivity contribution is 0.102. The van der Waals surface area contributed by atoms with E-state index in [1.807, 2.05) is 48.0 Å². The summed E-state index contributed by atoms with van der Waals surface area (Å²) >= 11 is 1.47. The summed E-state index contributed by atoms with van der Waals surface area (Å²) in [6.45, 7) is 3.92. The maximum Gasteiger partial charge on any atom is 0.256 e. The second kappa shape index (κ2) is 6.38. The number of aryl methyl sites for hydroxylation is 2. The molecule has 0 aliphatic rings. The number of amides is 1. The third-order valence-corrected chi connectivity index (χ3v) is 4.85. The van der Waals surface area contributed by atoms with Crippen LogP contribution in [0, 0.1) is 19.7 Å². The largest absolute Gasteiger partial charge is 0.306 e. The minimum Gasteiger partial charge on any atom is -0.306 e. The van der Waals surface area contributed by atoms with E-state index >= 15 is 0 Å². The van der Waals surface area contributed by atoms with Gasteiger partial charge in [-0.3, -0.25) is 9.20 Å². The molecule has 6 heteroatoms. The Hall–Kier alpha value is -2.99. The lowest BCUT2D eigenvalue weighted by Gasteiger charge is -2.09. The second-order valence-electron chi connectivity index (χ2n) is 6.20. The normalized spacial score (nSPS) is 11.0. The van der Waals surface area contributed by atoms with Crippen molar-refractivity contribution in [2.24, 2.45) is 0 Å². The first-order chi connectivity index (χ1) is 12.5. The van der Waals surface area contributed by atoms with Crippen LogP contribution in [0.25, 0.3) is 16.2 Å². The van der Waals surface area contributed by atoms with E-state index in [2.05, 4.69) is 10.3 Å². The first kappa shape index (κ1) is 16.5. The van der Waals surface area contributed by atoms with Crippen molar-refractivity contribution in [3.05, 3.63) is 76.5 Å². The van der Waals surface area contributed by atoms with Gasteiger partial charge in [0.05, 0.1) is 0 Å². The number of hydrogen-bond donors (Lipinski definition) is 1. The summed E-state index contributed by atoms with van der Waals surface area (Å²) in [6.07, 6.45) is 1.86. The number of carbonyl (C=O) groups excluding carboxylic acids is 1. The molecule has 0 bridgehead atoms. The molecular formula is C20H16FN3OS. The Kier molecular flexibility index (Phi) is 4.05. The molecular weight excluding hydrogens is 349 g/mol. The van der Waals surface area contributed by atoms with Crippen LogP contribution in [0.1, 0.15) is 21.5 Å². The summed E-state index contributed by atoms with van der Waals surface area (Å²) in [5.74, 6) is 0.0702. The van der Waals surface area contributed by atoms with E-state index in [0.29, 0.717) is 17.1 Å². The van der Waals surface area contributed by atoms with E-state index in [-0.39, 0.29) is 11.7 Å². The Bertz CT molecular complexity index is 1090. The number of imidazole rings is 1.